The van der Waals surface area contributed by atoms with E-state index in [1.54, 1.807) is 0 Å². The summed E-state index contributed by atoms with van der Waals surface area (Å²) in [6.45, 7) is 6.42. The van der Waals surface area contributed by atoms with E-state index in [2.05, 4.69) is 24.3 Å². The molecule has 0 radical (unpaired) electrons. The van der Waals surface area contributed by atoms with E-state index in [1.165, 1.54) is 0 Å². The quantitative estimate of drug-likeness (QED) is 0.738. The van der Waals surface area contributed by atoms with Gasteiger partial charge in [0, 0.05) is 37.1 Å². The molecule has 7 atom stereocenters. The van der Waals surface area contributed by atoms with Crippen molar-refractivity contribution in [1.29, 1.82) is 0 Å². The maximum absolute atomic E-state index is 13.3. The van der Waals surface area contributed by atoms with E-state index in [9.17, 15) is 9.59 Å². The summed E-state index contributed by atoms with van der Waals surface area (Å²) in [4.78, 5) is 31.6. The van der Waals surface area contributed by atoms with Gasteiger partial charge in [0.2, 0.25) is 0 Å². The molecule has 1 unspecified atom stereocenters. The summed E-state index contributed by atoms with van der Waals surface area (Å²) in [5.41, 5.74) is 0.994. The van der Waals surface area contributed by atoms with E-state index in [1.807, 2.05) is 0 Å². The van der Waals surface area contributed by atoms with Crippen molar-refractivity contribution in [2.45, 2.75) is 77.7 Å². The van der Waals surface area contributed by atoms with Crippen LogP contribution in [0.2, 0.25) is 0 Å². The number of fused-ring (bicyclic) bond motifs is 5. The molecule has 1 heterocycles. The van der Waals surface area contributed by atoms with Gasteiger partial charge in [0.1, 0.15) is 17.7 Å². The highest BCUT2D eigenvalue weighted by Crippen LogP contribution is 2.64. The lowest BCUT2D eigenvalue weighted by Crippen LogP contribution is -2.56. The first-order valence-electron chi connectivity index (χ1n) is 11.4. The number of ketones is 2. The minimum absolute atomic E-state index is 0.0703. The SMILES string of the molecule is C[C@]12CC/C(=N/O[C@H]3CCNC3)CC1C(=O)C[C@@H]1[C@H]2CC[C@]2(C)C(=O)CC[C@@H]12. The summed E-state index contributed by atoms with van der Waals surface area (Å²) >= 11 is 0. The van der Waals surface area contributed by atoms with Crippen LogP contribution in [0.4, 0.5) is 0 Å². The standard InChI is InChI=1S/C23H34N2O3/c1-22-8-5-14(25-28-15-7-10-24-13-15)11-19(22)20(26)12-16-17-3-4-21(27)23(17,2)9-6-18(16)22/h15-19,24H,3-13H2,1-2H3/b25-14-/t15-,16-,17-,18+,19?,22+,23-/m0/s1. The molecule has 5 aliphatic rings. The van der Waals surface area contributed by atoms with E-state index in [0.29, 0.717) is 35.7 Å². The number of Topliss-reactive ketones (excluding diaryl/α,β-unsaturated/α-hetero) is 2. The molecule has 1 aliphatic heterocycles. The molecule has 4 aliphatic carbocycles. The van der Waals surface area contributed by atoms with Crippen molar-refractivity contribution in [2.75, 3.05) is 13.1 Å². The molecule has 5 heteroatoms. The molecular formula is C23H34N2O3. The fourth-order valence-corrected chi connectivity index (χ4v) is 7.57. The molecule has 1 saturated heterocycles. The number of carbonyl (C=O) groups is 2. The highest BCUT2D eigenvalue weighted by molar-refractivity contribution is 5.93. The van der Waals surface area contributed by atoms with Gasteiger partial charge >= 0.3 is 0 Å². The molecule has 5 nitrogen and oxygen atoms in total. The number of hydrogen-bond acceptors (Lipinski definition) is 5. The molecule has 5 rings (SSSR count). The molecule has 0 aromatic carbocycles. The number of hydrogen-bond donors (Lipinski definition) is 1. The molecular weight excluding hydrogens is 352 g/mol. The van der Waals surface area contributed by atoms with Gasteiger partial charge in [0.05, 0.1) is 5.71 Å². The molecule has 0 amide bonds. The van der Waals surface area contributed by atoms with Crippen molar-refractivity contribution in [2.24, 2.45) is 39.7 Å². The predicted molar refractivity (Wildman–Crippen MR) is 107 cm³/mol. The Morgan fingerprint density at radius 3 is 2.68 bits per heavy atom. The summed E-state index contributed by atoms with van der Waals surface area (Å²) in [5.74, 6) is 2.38. The lowest BCUT2D eigenvalue weighted by molar-refractivity contribution is -0.152. The van der Waals surface area contributed by atoms with Gasteiger partial charge in [-0.15, -0.1) is 0 Å². The number of nitrogens with zero attached hydrogens (tertiary/aromatic N) is 1. The Morgan fingerprint density at radius 2 is 1.89 bits per heavy atom. The molecule has 0 bridgehead atoms. The number of carbonyl (C=O) groups excluding carboxylic acids is 2. The fraction of sp³-hybridized carbons (Fsp3) is 0.870. The Hall–Kier alpha value is -1.23. The van der Waals surface area contributed by atoms with Crippen LogP contribution in [0.15, 0.2) is 5.16 Å². The van der Waals surface area contributed by atoms with Gasteiger partial charge in [0.15, 0.2) is 0 Å². The first kappa shape index (κ1) is 18.8. The molecule has 5 fully saturated rings. The molecule has 1 N–H and O–H groups in total. The molecule has 154 valence electrons. The lowest BCUT2D eigenvalue weighted by atomic mass is 9.45. The van der Waals surface area contributed by atoms with Gasteiger partial charge in [-0.25, -0.2) is 0 Å². The Balaban J connectivity index is 1.35. The van der Waals surface area contributed by atoms with Gasteiger partial charge in [-0.05, 0) is 68.2 Å². The maximum atomic E-state index is 13.3. The maximum Gasteiger partial charge on any atom is 0.141 e. The Bertz CT molecular complexity index is 713. The summed E-state index contributed by atoms with van der Waals surface area (Å²) in [6, 6.07) is 0. The van der Waals surface area contributed by atoms with Gasteiger partial charge < -0.3 is 10.2 Å². The van der Waals surface area contributed by atoms with Crippen LogP contribution in [0, 0.1) is 34.5 Å². The van der Waals surface area contributed by atoms with Crippen LogP contribution in [-0.4, -0.2) is 36.5 Å². The second-order valence-corrected chi connectivity index (χ2v) is 10.6. The van der Waals surface area contributed by atoms with Gasteiger partial charge in [0.25, 0.3) is 0 Å². The van der Waals surface area contributed by atoms with E-state index < -0.39 is 0 Å². The average Bonchev–Trinajstić information content (AvgIpc) is 3.29. The van der Waals surface area contributed by atoms with Crippen LogP contribution in [0.5, 0.6) is 0 Å². The van der Waals surface area contributed by atoms with Crippen LogP contribution in [0.25, 0.3) is 0 Å². The van der Waals surface area contributed by atoms with Crippen molar-refractivity contribution < 1.29 is 14.4 Å². The highest BCUT2D eigenvalue weighted by atomic mass is 16.6. The zero-order valence-corrected chi connectivity index (χ0v) is 17.3. The van der Waals surface area contributed by atoms with Crippen LogP contribution >= 0.6 is 0 Å². The number of rotatable bonds is 2. The molecule has 0 aromatic heterocycles. The van der Waals surface area contributed by atoms with E-state index >= 15 is 0 Å². The minimum Gasteiger partial charge on any atom is -0.391 e. The summed E-state index contributed by atoms with van der Waals surface area (Å²) in [6.07, 6.45) is 8.50. The first-order chi connectivity index (χ1) is 13.4. The van der Waals surface area contributed by atoms with Crippen molar-refractivity contribution in [3.63, 3.8) is 0 Å². The summed E-state index contributed by atoms with van der Waals surface area (Å²) in [7, 11) is 0. The third-order valence-electron chi connectivity index (χ3n) is 9.35. The zero-order valence-electron chi connectivity index (χ0n) is 17.3. The van der Waals surface area contributed by atoms with Crippen LogP contribution < -0.4 is 5.32 Å². The average molecular weight is 387 g/mol. The lowest BCUT2D eigenvalue weighted by Gasteiger charge is -2.58. The Morgan fingerprint density at radius 1 is 1.04 bits per heavy atom. The van der Waals surface area contributed by atoms with E-state index in [0.717, 1.165) is 70.2 Å². The summed E-state index contributed by atoms with van der Waals surface area (Å²) in [5, 5.41) is 7.78. The normalized spacial score (nSPS) is 49.6. The highest BCUT2D eigenvalue weighted by Gasteiger charge is 2.62. The molecule has 28 heavy (non-hydrogen) atoms. The molecule has 4 saturated carbocycles. The Labute approximate surface area is 168 Å². The number of oxime groups is 1. The van der Waals surface area contributed by atoms with Gasteiger partial charge in [-0.2, -0.15) is 0 Å². The fourth-order valence-electron chi connectivity index (χ4n) is 7.57. The smallest absolute Gasteiger partial charge is 0.141 e. The largest absolute Gasteiger partial charge is 0.391 e. The van der Waals surface area contributed by atoms with E-state index in [4.69, 9.17) is 4.84 Å². The zero-order chi connectivity index (χ0) is 19.5. The van der Waals surface area contributed by atoms with Crippen molar-refractivity contribution >= 4 is 17.3 Å². The molecule has 0 spiro atoms. The third-order valence-corrected chi connectivity index (χ3v) is 9.35. The predicted octanol–water partition coefficient (Wildman–Crippen LogP) is 3.51. The minimum atomic E-state index is -0.158. The topological polar surface area (TPSA) is 67.8 Å². The van der Waals surface area contributed by atoms with E-state index in [-0.39, 0.29) is 22.9 Å². The first-order valence-corrected chi connectivity index (χ1v) is 11.4. The summed E-state index contributed by atoms with van der Waals surface area (Å²) < 4.78 is 0. The van der Waals surface area contributed by atoms with Crippen LogP contribution in [0.3, 0.4) is 0 Å². The third kappa shape index (κ3) is 2.72. The second kappa shape index (κ2) is 6.65. The van der Waals surface area contributed by atoms with Crippen LogP contribution in [-0.2, 0) is 14.4 Å². The van der Waals surface area contributed by atoms with Crippen molar-refractivity contribution in [1.82, 2.24) is 5.32 Å². The van der Waals surface area contributed by atoms with Crippen LogP contribution in [0.1, 0.15) is 71.6 Å². The molecule has 0 aromatic rings. The van der Waals surface area contributed by atoms with Crippen molar-refractivity contribution in [3.05, 3.63) is 0 Å². The Kier molecular flexibility index (Phi) is 4.46. The number of nitrogens with one attached hydrogen (secondary N) is 1. The van der Waals surface area contributed by atoms with Gasteiger partial charge in [-0.1, -0.05) is 19.0 Å². The monoisotopic (exact) mass is 386 g/mol. The van der Waals surface area contributed by atoms with Gasteiger partial charge in [-0.3, -0.25) is 9.59 Å². The second-order valence-electron chi connectivity index (χ2n) is 10.6. The van der Waals surface area contributed by atoms with Crippen molar-refractivity contribution in [3.8, 4) is 0 Å².